The van der Waals surface area contributed by atoms with Gasteiger partial charge in [-0.05, 0) is 71.0 Å². The lowest BCUT2D eigenvalue weighted by Gasteiger charge is -2.35. The Kier molecular flexibility index (Phi) is 6.12. The van der Waals surface area contributed by atoms with E-state index in [2.05, 4.69) is 25.4 Å². The molecule has 176 valence electrons. The van der Waals surface area contributed by atoms with Crippen molar-refractivity contribution in [2.24, 2.45) is 0 Å². The molecule has 9 nitrogen and oxygen atoms in total. The lowest BCUT2D eigenvalue weighted by Crippen LogP contribution is -2.41. The van der Waals surface area contributed by atoms with Crippen molar-refractivity contribution in [2.75, 3.05) is 20.2 Å². The molecule has 34 heavy (non-hydrogen) atoms. The lowest BCUT2D eigenvalue weighted by molar-refractivity contribution is 0.0659. The number of nitrogens with zero attached hydrogens (tertiary/aromatic N) is 5. The number of aromatic amines is 1. The molecule has 0 aliphatic carbocycles. The Labute approximate surface area is 197 Å². The number of H-pyrrole nitrogens is 1. The van der Waals surface area contributed by atoms with E-state index in [1.54, 1.807) is 11.8 Å². The highest BCUT2D eigenvalue weighted by atomic mass is 16.5. The molecule has 0 bridgehead atoms. The number of piperidine rings is 1. The summed E-state index contributed by atoms with van der Waals surface area (Å²) in [5.74, 6) is 1.38. The number of fused-ring (bicyclic) bond motifs is 1. The lowest BCUT2D eigenvalue weighted by atomic mass is 9.99. The molecular weight excluding hydrogens is 432 g/mol. The third-order valence-corrected chi connectivity index (χ3v) is 6.48. The quantitative estimate of drug-likeness (QED) is 0.455. The van der Waals surface area contributed by atoms with Crippen LogP contribution in [0.5, 0.6) is 5.75 Å². The Hall–Kier alpha value is -3.56. The zero-order chi connectivity index (χ0) is 23.7. The number of methoxy groups -OCH3 is 1. The number of aliphatic hydroxyl groups is 1. The number of nitrogens with one attached hydrogen (secondary N) is 1. The highest BCUT2D eigenvalue weighted by Crippen LogP contribution is 2.30. The maximum Gasteiger partial charge on any atom is 0.253 e. The summed E-state index contributed by atoms with van der Waals surface area (Å²) in [4.78, 5) is 18.5. The number of aromatic nitrogens is 5. The fourth-order valence-corrected chi connectivity index (χ4v) is 4.60. The number of pyridine rings is 1. The van der Waals surface area contributed by atoms with Gasteiger partial charge in [-0.15, -0.1) is 5.10 Å². The molecule has 0 spiro atoms. The van der Waals surface area contributed by atoms with E-state index in [4.69, 9.17) is 4.74 Å². The Morgan fingerprint density at radius 1 is 1.15 bits per heavy atom. The van der Waals surface area contributed by atoms with Crippen molar-refractivity contribution in [3.05, 3.63) is 81.4 Å². The number of hydrogen-bond acceptors (Lipinski definition) is 7. The first-order valence-electron chi connectivity index (χ1n) is 11.5. The van der Waals surface area contributed by atoms with Gasteiger partial charge in [-0.2, -0.15) is 0 Å². The minimum absolute atomic E-state index is 0.159. The summed E-state index contributed by atoms with van der Waals surface area (Å²) in [6.45, 7) is 3.75. The second-order valence-corrected chi connectivity index (χ2v) is 8.86. The fraction of sp³-hybridized carbons (Fsp3) is 0.360. The van der Waals surface area contributed by atoms with Crippen LogP contribution in [0.25, 0.3) is 10.9 Å². The van der Waals surface area contributed by atoms with Gasteiger partial charge < -0.3 is 14.8 Å². The van der Waals surface area contributed by atoms with Gasteiger partial charge >= 0.3 is 0 Å². The van der Waals surface area contributed by atoms with E-state index in [1.165, 1.54) is 0 Å². The van der Waals surface area contributed by atoms with E-state index in [9.17, 15) is 9.90 Å². The predicted octanol–water partition coefficient (Wildman–Crippen LogP) is 2.43. The molecule has 0 amide bonds. The molecular formula is C25H28N6O3. The maximum atomic E-state index is 13.3. The number of aliphatic hydroxyl groups excluding tert-OH is 1. The van der Waals surface area contributed by atoms with E-state index in [0.717, 1.165) is 27.8 Å². The molecule has 9 heteroatoms. The van der Waals surface area contributed by atoms with Gasteiger partial charge in [0.2, 0.25) is 0 Å². The van der Waals surface area contributed by atoms with Crippen LogP contribution in [0.1, 0.15) is 41.4 Å². The number of aryl methyl sites for hydroxylation is 1. The average molecular weight is 461 g/mol. The van der Waals surface area contributed by atoms with Gasteiger partial charge in [-0.25, -0.2) is 4.68 Å². The maximum absolute atomic E-state index is 13.3. The number of likely N-dealkylation sites (tertiary alicyclic amines) is 1. The van der Waals surface area contributed by atoms with E-state index >= 15 is 0 Å². The molecule has 1 aliphatic rings. The van der Waals surface area contributed by atoms with Gasteiger partial charge in [-0.3, -0.25) is 9.69 Å². The van der Waals surface area contributed by atoms with Gasteiger partial charge in [0.15, 0.2) is 5.82 Å². The highest BCUT2D eigenvalue weighted by molar-refractivity contribution is 5.79. The first-order chi connectivity index (χ1) is 16.5. The topological polar surface area (TPSA) is 109 Å². The van der Waals surface area contributed by atoms with E-state index < -0.39 is 6.04 Å². The third kappa shape index (κ3) is 4.44. The molecule has 3 heterocycles. The largest absolute Gasteiger partial charge is 0.497 e. The molecule has 1 saturated heterocycles. The first-order valence-corrected chi connectivity index (χ1v) is 11.5. The second kappa shape index (κ2) is 9.36. The average Bonchev–Trinajstić information content (AvgIpc) is 3.29. The number of ether oxygens (including phenoxy) is 1. The Morgan fingerprint density at radius 2 is 1.91 bits per heavy atom. The monoisotopic (exact) mass is 460 g/mol. The van der Waals surface area contributed by atoms with Crippen LogP contribution >= 0.6 is 0 Å². The third-order valence-electron chi connectivity index (χ3n) is 6.48. The molecule has 1 fully saturated rings. The van der Waals surface area contributed by atoms with Crippen LogP contribution in [0.4, 0.5) is 0 Å². The first kappa shape index (κ1) is 22.2. The van der Waals surface area contributed by atoms with Gasteiger partial charge in [0.1, 0.15) is 11.8 Å². The van der Waals surface area contributed by atoms with Crippen LogP contribution in [0, 0.1) is 6.92 Å². The molecule has 1 aliphatic heterocycles. The molecule has 2 N–H and O–H groups in total. The standard InChI is InChI=1S/C25H28N6O3/c1-16-3-6-18-14-21(25(33)26-22(18)13-16)23(30-11-9-19(32)10-12-30)24-27-28-29-31(24)15-17-4-7-20(34-2)8-5-17/h3-8,13-14,19,23,32H,9-12,15H2,1-2H3,(H,26,33)/t23-/m0/s1. The zero-order valence-electron chi connectivity index (χ0n) is 19.3. The van der Waals surface area contributed by atoms with Crippen LogP contribution in [0.15, 0.2) is 53.3 Å². The highest BCUT2D eigenvalue weighted by Gasteiger charge is 2.32. The van der Waals surface area contributed by atoms with Gasteiger partial charge in [0, 0.05) is 24.2 Å². The second-order valence-electron chi connectivity index (χ2n) is 8.86. The predicted molar refractivity (Wildman–Crippen MR) is 128 cm³/mol. The summed E-state index contributed by atoms with van der Waals surface area (Å²) in [5, 5.41) is 23.6. The van der Waals surface area contributed by atoms with Crippen molar-refractivity contribution in [2.45, 2.75) is 38.5 Å². The van der Waals surface area contributed by atoms with Crippen molar-refractivity contribution >= 4 is 10.9 Å². The van der Waals surface area contributed by atoms with Crippen LogP contribution in [-0.4, -0.2) is 61.5 Å². The number of rotatable bonds is 6. The van der Waals surface area contributed by atoms with Crippen LogP contribution in [0.2, 0.25) is 0 Å². The number of tetrazole rings is 1. The van der Waals surface area contributed by atoms with E-state index in [-0.39, 0.29) is 11.7 Å². The van der Waals surface area contributed by atoms with Gasteiger partial charge in [0.05, 0.1) is 19.8 Å². The minimum atomic E-state index is -0.435. The summed E-state index contributed by atoms with van der Waals surface area (Å²) < 4.78 is 7.00. The smallest absolute Gasteiger partial charge is 0.253 e. The van der Waals surface area contributed by atoms with Crippen molar-refractivity contribution in [1.82, 2.24) is 30.1 Å². The van der Waals surface area contributed by atoms with Crippen LogP contribution in [0.3, 0.4) is 0 Å². The summed E-state index contributed by atoms with van der Waals surface area (Å²) in [6, 6.07) is 15.3. The minimum Gasteiger partial charge on any atom is -0.497 e. The molecule has 5 rings (SSSR count). The van der Waals surface area contributed by atoms with Crippen molar-refractivity contribution in [3.8, 4) is 5.75 Å². The summed E-state index contributed by atoms with van der Waals surface area (Å²) in [7, 11) is 1.64. The summed E-state index contributed by atoms with van der Waals surface area (Å²) >= 11 is 0. The van der Waals surface area contributed by atoms with E-state index in [0.29, 0.717) is 43.9 Å². The van der Waals surface area contributed by atoms with Gasteiger partial charge in [-0.1, -0.05) is 24.3 Å². The van der Waals surface area contributed by atoms with E-state index in [1.807, 2.05) is 55.5 Å². The Morgan fingerprint density at radius 3 is 2.65 bits per heavy atom. The van der Waals surface area contributed by atoms with Crippen LogP contribution < -0.4 is 10.3 Å². The molecule has 0 saturated carbocycles. The SMILES string of the molecule is COc1ccc(Cn2nnnc2[C@H](c2cc3ccc(C)cc3[nH]c2=O)N2CCC(O)CC2)cc1. The molecule has 0 radical (unpaired) electrons. The summed E-state index contributed by atoms with van der Waals surface area (Å²) in [6.07, 6.45) is 0.952. The van der Waals surface area contributed by atoms with Crippen LogP contribution in [-0.2, 0) is 6.54 Å². The Bertz CT molecular complexity index is 1340. The molecule has 2 aromatic heterocycles. The normalized spacial score (nSPS) is 16.1. The summed E-state index contributed by atoms with van der Waals surface area (Å²) in [5.41, 5.74) is 3.34. The number of hydrogen-bond donors (Lipinski definition) is 2. The molecule has 1 atom stereocenters. The Balaban J connectivity index is 1.57. The van der Waals surface area contributed by atoms with Gasteiger partial charge in [0.25, 0.3) is 5.56 Å². The molecule has 2 aromatic carbocycles. The number of benzene rings is 2. The molecule has 4 aromatic rings. The van der Waals surface area contributed by atoms with Crippen molar-refractivity contribution < 1.29 is 9.84 Å². The molecule has 0 unspecified atom stereocenters. The zero-order valence-corrected chi connectivity index (χ0v) is 19.3. The van der Waals surface area contributed by atoms with Crippen molar-refractivity contribution in [1.29, 1.82) is 0 Å². The fourth-order valence-electron chi connectivity index (χ4n) is 4.60. The van der Waals surface area contributed by atoms with Crippen molar-refractivity contribution in [3.63, 3.8) is 0 Å².